The molecule has 1 aromatic heterocycles. The van der Waals surface area contributed by atoms with Crippen molar-refractivity contribution in [1.82, 2.24) is 9.88 Å². The van der Waals surface area contributed by atoms with Gasteiger partial charge in [0.15, 0.2) is 0 Å². The van der Waals surface area contributed by atoms with Crippen LogP contribution in [0.15, 0.2) is 18.3 Å². The smallest absolute Gasteiger partial charge is 0.272 e. The number of carbonyl (C=O) groups excluding carboxylic acids is 1. The highest BCUT2D eigenvalue weighted by molar-refractivity contribution is 5.92. The number of nitriles is 1. The zero-order valence-electron chi connectivity index (χ0n) is 11.5. The maximum atomic E-state index is 12.4. The Morgan fingerprint density at radius 2 is 2.26 bits per heavy atom. The van der Waals surface area contributed by atoms with Gasteiger partial charge in [0.1, 0.15) is 11.8 Å². The molecule has 0 N–H and O–H groups in total. The van der Waals surface area contributed by atoms with E-state index in [1.807, 2.05) is 11.0 Å². The van der Waals surface area contributed by atoms with Gasteiger partial charge in [0.2, 0.25) is 0 Å². The summed E-state index contributed by atoms with van der Waals surface area (Å²) >= 11 is 0. The molecule has 1 heterocycles. The summed E-state index contributed by atoms with van der Waals surface area (Å²) in [5, 5.41) is 8.73. The molecule has 1 saturated carbocycles. The number of carbonyl (C=O) groups is 1. The number of amides is 1. The van der Waals surface area contributed by atoms with E-state index in [0.29, 0.717) is 23.2 Å². The zero-order chi connectivity index (χ0) is 13.8. The van der Waals surface area contributed by atoms with Crippen LogP contribution in [0.4, 0.5) is 0 Å². The van der Waals surface area contributed by atoms with Crippen molar-refractivity contribution < 1.29 is 4.79 Å². The third kappa shape index (κ3) is 3.54. The Morgan fingerprint density at radius 1 is 1.53 bits per heavy atom. The summed E-state index contributed by atoms with van der Waals surface area (Å²) in [7, 11) is 0. The molecule has 1 aliphatic rings. The molecule has 1 aliphatic carbocycles. The zero-order valence-corrected chi connectivity index (χ0v) is 11.5. The topological polar surface area (TPSA) is 57.0 Å². The molecule has 0 aromatic carbocycles. The van der Waals surface area contributed by atoms with E-state index in [0.717, 1.165) is 25.8 Å². The summed E-state index contributed by atoms with van der Waals surface area (Å²) < 4.78 is 0. The Hall–Kier alpha value is -1.89. The minimum absolute atomic E-state index is 0.00682. The first kappa shape index (κ1) is 13.5. The second-order valence-electron chi connectivity index (χ2n) is 5.46. The predicted octanol–water partition coefficient (Wildman–Crippen LogP) is 2.60. The van der Waals surface area contributed by atoms with Gasteiger partial charge >= 0.3 is 0 Å². The molecule has 19 heavy (non-hydrogen) atoms. The van der Waals surface area contributed by atoms with Gasteiger partial charge in [-0.1, -0.05) is 13.8 Å². The molecule has 0 spiro atoms. The van der Waals surface area contributed by atoms with Gasteiger partial charge in [0, 0.05) is 18.8 Å². The van der Waals surface area contributed by atoms with Crippen molar-refractivity contribution in [2.45, 2.75) is 39.2 Å². The van der Waals surface area contributed by atoms with Gasteiger partial charge in [-0.05, 0) is 37.3 Å². The van der Waals surface area contributed by atoms with Crippen molar-refractivity contribution in [3.8, 4) is 6.07 Å². The van der Waals surface area contributed by atoms with Crippen LogP contribution in [0, 0.1) is 17.2 Å². The normalized spacial score (nSPS) is 14.2. The Balaban J connectivity index is 2.07. The lowest BCUT2D eigenvalue weighted by Gasteiger charge is -2.23. The summed E-state index contributed by atoms with van der Waals surface area (Å²) in [4.78, 5) is 18.5. The van der Waals surface area contributed by atoms with Gasteiger partial charge in [-0.15, -0.1) is 0 Å². The molecule has 1 fully saturated rings. The first-order valence-corrected chi connectivity index (χ1v) is 6.79. The second-order valence-corrected chi connectivity index (χ2v) is 5.46. The Labute approximate surface area is 114 Å². The minimum Gasteiger partial charge on any atom is -0.334 e. The molecule has 4 heteroatoms. The first-order chi connectivity index (χ1) is 9.11. The Bertz CT molecular complexity index is 483. The van der Waals surface area contributed by atoms with Gasteiger partial charge in [0.25, 0.3) is 5.91 Å². The fraction of sp³-hybridized carbons (Fsp3) is 0.533. The van der Waals surface area contributed by atoms with Crippen LogP contribution in [0.5, 0.6) is 0 Å². The molecule has 0 atom stereocenters. The quantitative estimate of drug-likeness (QED) is 0.814. The van der Waals surface area contributed by atoms with E-state index in [9.17, 15) is 4.79 Å². The van der Waals surface area contributed by atoms with Crippen LogP contribution in [-0.2, 0) is 0 Å². The van der Waals surface area contributed by atoms with E-state index in [2.05, 4.69) is 18.8 Å². The molecular formula is C15H19N3O. The van der Waals surface area contributed by atoms with Crippen LogP contribution in [0.3, 0.4) is 0 Å². The summed E-state index contributed by atoms with van der Waals surface area (Å²) in [6.07, 6.45) is 4.67. The van der Waals surface area contributed by atoms with E-state index in [4.69, 9.17) is 5.26 Å². The molecule has 0 bridgehead atoms. The van der Waals surface area contributed by atoms with Crippen LogP contribution in [0.25, 0.3) is 0 Å². The van der Waals surface area contributed by atoms with Crippen molar-refractivity contribution >= 4 is 5.91 Å². The van der Waals surface area contributed by atoms with Crippen molar-refractivity contribution in [2.24, 2.45) is 5.92 Å². The van der Waals surface area contributed by atoms with Crippen molar-refractivity contribution in [3.05, 3.63) is 29.6 Å². The molecule has 100 valence electrons. The standard InChI is InChI=1S/C15H19N3O/c1-11(2)7-8-18(13-4-5-13)15(19)14-6-3-12(9-16)10-17-14/h3,6,10-11,13H,4-5,7-8H2,1-2H3. The van der Waals surface area contributed by atoms with Gasteiger partial charge in [-0.25, -0.2) is 4.98 Å². The van der Waals surface area contributed by atoms with Crippen molar-refractivity contribution in [3.63, 3.8) is 0 Å². The van der Waals surface area contributed by atoms with Gasteiger partial charge in [-0.3, -0.25) is 4.79 Å². The highest BCUT2D eigenvalue weighted by Crippen LogP contribution is 2.28. The van der Waals surface area contributed by atoms with Crippen molar-refractivity contribution in [2.75, 3.05) is 6.54 Å². The molecular weight excluding hydrogens is 238 g/mol. The molecule has 0 unspecified atom stereocenters. The fourth-order valence-electron chi connectivity index (χ4n) is 1.97. The number of aromatic nitrogens is 1. The summed E-state index contributed by atoms with van der Waals surface area (Å²) in [5.41, 5.74) is 0.923. The lowest BCUT2D eigenvalue weighted by Crippen LogP contribution is -2.35. The highest BCUT2D eigenvalue weighted by Gasteiger charge is 2.33. The minimum atomic E-state index is -0.00682. The van der Waals surface area contributed by atoms with Crippen molar-refractivity contribution in [1.29, 1.82) is 5.26 Å². The highest BCUT2D eigenvalue weighted by atomic mass is 16.2. The summed E-state index contributed by atoms with van der Waals surface area (Å²) in [6, 6.07) is 5.69. The average molecular weight is 257 g/mol. The van der Waals surface area contributed by atoms with E-state index >= 15 is 0 Å². The number of pyridine rings is 1. The third-order valence-electron chi connectivity index (χ3n) is 3.31. The average Bonchev–Trinajstić information content (AvgIpc) is 3.23. The number of nitrogens with zero attached hydrogens (tertiary/aromatic N) is 3. The molecule has 0 aliphatic heterocycles. The van der Waals surface area contributed by atoms with Gasteiger partial charge < -0.3 is 4.90 Å². The molecule has 1 aromatic rings. The fourth-order valence-corrected chi connectivity index (χ4v) is 1.97. The maximum Gasteiger partial charge on any atom is 0.272 e. The molecule has 0 radical (unpaired) electrons. The van der Waals surface area contributed by atoms with E-state index in [1.165, 1.54) is 6.20 Å². The SMILES string of the molecule is CC(C)CCN(C(=O)c1ccc(C#N)cn1)C1CC1. The predicted molar refractivity (Wildman–Crippen MR) is 72.5 cm³/mol. The largest absolute Gasteiger partial charge is 0.334 e. The van der Waals surface area contributed by atoms with E-state index in [-0.39, 0.29) is 5.91 Å². The van der Waals surface area contributed by atoms with Crippen LogP contribution in [0.2, 0.25) is 0 Å². The Kier molecular flexibility index (Phi) is 4.16. The van der Waals surface area contributed by atoms with Gasteiger partial charge in [0.05, 0.1) is 5.56 Å². The van der Waals surface area contributed by atoms with E-state index in [1.54, 1.807) is 12.1 Å². The monoisotopic (exact) mass is 257 g/mol. The van der Waals surface area contributed by atoms with Gasteiger partial charge in [-0.2, -0.15) is 5.26 Å². The molecule has 4 nitrogen and oxygen atoms in total. The molecule has 1 amide bonds. The van der Waals surface area contributed by atoms with Crippen LogP contribution < -0.4 is 0 Å². The lowest BCUT2D eigenvalue weighted by atomic mass is 10.1. The third-order valence-corrected chi connectivity index (χ3v) is 3.31. The second kappa shape index (κ2) is 5.83. The first-order valence-electron chi connectivity index (χ1n) is 6.79. The number of hydrogen-bond acceptors (Lipinski definition) is 3. The number of rotatable bonds is 5. The maximum absolute atomic E-state index is 12.4. The molecule has 2 rings (SSSR count). The Morgan fingerprint density at radius 3 is 2.74 bits per heavy atom. The summed E-state index contributed by atoms with van der Waals surface area (Å²) in [6.45, 7) is 5.12. The van der Waals surface area contributed by atoms with Crippen LogP contribution in [0.1, 0.15) is 49.2 Å². The van der Waals surface area contributed by atoms with E-state index < -0.39 is 0 Å². The number of hydrogen-bond donors (Lipinski definition) is 0. The molecule has 0 saturated heterocycles. The summed E-state index contributed by atoms with van der Waals surface area (Å²) in [5.74, 6) is 0.579. The van der Waals surface area contributed by atoms with Crippen LogP contribution in [-0.4, -0.2) is 28.4 Å². The van der Waals surface area contributed by atoms with Crippen LogP contribution >= 0.6 is 0 Å². The lowest BCUT2D eigenvalue weighted by molar-refractivity contribution is 0.0729.